The van der Waals surface area contributed by atoms with Crippen molar-refractivity contribution in [3.05, 3.63) is 17.0 Å². The number of ether oxygens (including phenoxy) is 1. The van der Waals surface area contributed by atoms with E-state index in [0.29, 0.717) is 19.0 Å². The van der Waals surface area contributed by atoms with Crippen molar-refractivity contribution in [2.24, 2.45) is 12.0 Å². The van der Waals surface area contributed by atoms with Gasteiger partial charge in [0.05, 0.1) is 24.9 Å². The van der Waals surface area contributed by atoms with Crippen LogP contribution in [0.1, 0.15) is 36.2 Å². The van der Waals surface area contributed by atoms with Gasteiger partial charge in [-0.1, -0.05) is 0 Å². The van der Waals surface area contributed by atoms with Gasteiger partial charge in [-0.3, -0.25) is 9.48 Å². The molecular formula is C18H32N6O2. The number of aliphatic imine (C=N–C) groups is 1. The second-order valence-electron chi connectivity index (χ2n) is 6.95. The maximum atomic E-state index is 11.9. The van der Waals surface area contributed by atoms with Crippen LogP contribution < -0.4 is 10.6 Å². The summed E-state index contributed by atoms with van der Waals surface area (Å²) >= 11 is 0. The molecule has 2 heterocycles. The number of rotatable bonds is 6. The minimum atomic E-state index is 0.00200. The lowest BCUT2D eigenvalue weighted by Gasteiger charge is -2.24. The molecule has 26 heavy (non-hydrogen) atoms. The fourth-order valence-electron chi connectivity index (χ4n) is 2.88. The fraction of sp³-hybridized carbons (Fsp3) is 0.722. The first-order valence-electron chi connectivity index (χ1n) is 9.21. The van der Waals surface area contributed by atoms with E-state index in [1.807, 2.05) is 25.6 Å². The van der Waals surface area contributed by atoms with Crippen molar-refractivity contribution in [2.45, 2.75) is 45.8 Å². The molecule has 1 unspecified atom stereocenters. The third-order valence-electron chi connectivity index (χ3n) is 4.73. The first kappa shape index (κ1) is 20.2. The Hall–Kier alpha value is -2.09. The summed E-state index contributed by atoms with van der Waals surface area (Å²) in [5, 5.41) is 10.9. The van der Waals surface area contributed by atoms with E-state index < -0.39 is 0 Å². The minimum Gasteiger partial charge on any atom is -0.376 e. The highest BCUT2D eigenvalue weighted by Crippen LogP contribution is 2.13. The molecule has 0 bridgehead atoms. The Labute approximate surface area is 156 Å². The van der Waals surface area contributed by atoms with Crippen molar-refractivity contribution >= 4 is 11.9 Å². The van der Waals surface area contributed by atoms with Gasteiger partial charge in [-0.25, -0.2) is 4.99 Å². The smallest absolute Gasteiger partial charge is 0.241 e. The SMILES string of the molecule is Cc1nn(C)c(C)c1CN=C(NCC(=O)N(C)C)NCC1CCCCO1. The van der Waals surface area contributed by atoms with Crippen molar-refractivity contribution in [3.8, 4) is 0 Å². The van der Waals surface area contributed by atoms with E-state index in [9.17, 15) is 4.79 Å². The summed E-state index contributed by atoms with van der Waals surface area (Å²) in [5.74, 6) is 0.624. The number of hydrogen-bond donors (Lipinski definition) is 2. The van der Waals surface area contributed by atoms with Gasteiger partial charge >= 0.3 is 0 Å². The fourth-order valence-corrected chi connectivity index (χ4v) is 2.88. The van der Waals surface area contributed by atoms with Crippen LogP contribution in [0.5, 0.6) is 0 Å². The Balaban J connectivity index is 2.01. The molecule has 1 aromatic rings. The van der Waals surface area contributed by atoms with E-state index in [1.54, 1.807) is 19.0 Å². The van der Waals surface area contributed by atoms with Gasteiger partial charge in [0.15, 0.2) is 5.96 Å². The Morgan fingerprint density at radius 3 is 2.69 bits per heavy atom. The van der Waals surface area contributed by atoms with E-state index in [4.69, 9.17) is 4.74 Å². The monoisotopic (exact) mass is 364 g/mol. The highest BCUT2D eigenvalue weighted by atomic mass is 16.5. The molecule has 8 heteroatoms. The molecule has 146 valence electrons. The number of aromatic nitrogens is 2. The summed E-state index contributed by atoms with van der Waals surface area (Å²) in [6.45, 7) is 6.25. The van der Waals surface area contributed by atoms with Crippen LogP contribution in [0.15, 0.2) is 4.99 Å². The highest BCUT2D eigenvalue weighted by Gasteiger charge is 2.15. The number of hydrogen-bond acceptors (Lipinski definition) is 4. The summed E-state index contributed by atoms with van der Waals surface area (Å²) in [6.07, 6.45) is 3.58. The van der Waals surface area contributed by atoms with Gasteiger partial charge < -0.3 is 20.3 Å². The zero-order valence-electron chi connectivity index (χ0n) is 16.6. The molecule has 1 saturated heterocycles. The Bertz CT molecular complexity index is 632. The minimum absolute atomic E-state index is 0.00200. The highest BCUT2D eigenvalue weighted by molar-refractivity contribution is 5.86. The molecule has 1 fully saturated rings. The molecule has 8 nitrogen and oxygen atoms in total. The molecule has 0 saturated carbocycles. The van der Waals surface area contributed by atoms with E-state index in [2.05, 4.69) is 20.7 Å². The summed E-state index contributed by atoms with van der Waals surface area (Å²) in [6, 6.07) is 0. The van der Waals surface area contributed by atoms with E-state index in [-0.39, 0.29) is 18.6 Å². The van der Waals surface area contributed by atoms with Gasteiger partial charge in [-0.15, -0.1) is 0 Å². The van der Waals surface area contributed by atoms with Gasteiger partial charge in [0.1, 0.15) is 0 Å². The standard InChI is InChI=1S/C18H32N6O2/c1-13-16(14(2)24(5)22-13)11-20-18(21-12-17(25)23(3)4)19-10-15-8-6-7-9-26-15/h15H,6-12H2,1-5H3,(H2,19,20,21). The van der Waals surface area contributed by atoms with Gasteiger partial charge in [-0.05, 0) is 33.1 Å². The van der Waals surface area contributed by atoms with Crippen LogP contribution in [0.25, 0.3) is 0 Å². The first-order valence-corrected chi connectivity index (χ1v) is 9.21. The number of carbonyl (C=O) groups is 1. The maximum absolute atomic E-state index is 11.9. The third-order valence-corrected chi connectivity index (χ3v) is 4.73. The largest absolute Gasteiger partial charge is 0.376 e. The van der Waals surface area contributed by atoms with Crippen molar-refractivity contribution in [2.75, 3.05) is 33.8 Å². The number of guanidine groups is 1. The number of amides is 1. The van der Waals surface area contributed by atoms with Crippen LogP contribution in [0.4, 0.5) is 0 Å². The summed E-state index contributed by atoms with van der Waals surface area (Å²) < 4.78 is 7.63. The van der Waals surface area contributed by atoms with Crippen molar-refractivity contribution < 1.29 is 9.53 Å². The molecule has 2 N–H and O–H groups in total. The number of aryl methyl sites for hydroxylation is 2. The molecule has 1 amide bonds. The normalized spacial score (nSPS) is 17.9. The van der Waals surface area contributed by atoms with Gasteiger partial charge in [0.2, 0.25) is 5.91 Å². The van der Waals surface area contributed by atoms with E-state index >= 15 is 0 Å². The predicted octanol–water partition coefficient (Wildman–Crippen LogP) is 0.729. The molecule has 1 aromatic heterocycles. The van der Waals surface area contributed by atoms with Crippen molar-refractivity contribution in [3.63, 3.8) is 0 Å². The average molecular weight is 364 g/mol. The van der Waals surface area contributed by atoms with Crippen LogP contribution in [0.2, 0.25) is 0 Å². The number of likely N-dealkylation sites (N-methyl/N-ethyl adjacent to an activating group) is 1. The second kappa shape index (κ2) is 9.56. The first-order chi connectivity index (χ1) is 12.4. The molecular weight excluding hydrogens is 332 g/mol. The molecule has 1 aliphatic heterocycles. The molecule has 0 spiro atoms. The van der Waals surface area contributed by atoms with Gasteiger partial charge in [-0.2, -0.15) is 5.10 Å². The molecule has 2 rings (SSSR count). The Morgan fingerprint density at radius 1 is 1.35 bits per heavy atom. The lowest BCUT2D eigenvalue weighted by molar-refractivity contribution is -0.127. The summed E-state index contributed by atoms with van der Waals surface area (Å²) in [4.78, 5) is 18.1. The molecule has 1 aliphatic rings. The number of nitrogens with zero attached hydrogens (tertiary/aromatic N) is 4. The van der Waals surface area contributed by atoms with Crippen molar-refractivity contribution in [1.82, 2.24) is 25.3 Å². The Kier molecular flexibility index (Phi) is 7.44. The Morgan fingerprint density at radius 2 is 2.12 bits per heavy atom. The maximum Gasteiger partial charge on any atom is 0.241 e. The zero-order chi connectivity index (χ0) is 19.1. The summed E-state index contributed by atoms with van der Waals surface area (Å²) in [7, 11) is 5.42. The van der Waals surface area contributed by atoms with Crippen LogP contribution in [-0.2, 0) is 23.1 Å². The third kappa shape index (κ3) is 5.72. The van der Waals surface area contributed by atoms with Crippen LogP contribution >= 0.6 is 0 Å². The molecule has 0 aliphatic carbocycles. The van der Waals surface area contributed by atoms with E-state index in [1.165, 1.54) is 6.42 Å². The van der Waals surface area contributed by atoms with Gasteiger partial charge in [0.25, 0.3) is 0 Å². The van der Waals surface area contributed by atoms with Crippen LogP contribution in [0, 0.1) is 13.8 Å². The second-order valence-corrected chi connectivity index (χ2v) is 6.95. The molecule has 0 radical (unpaired) electrons. The quantitative estimate of drug-likeness (QED) is 0.574. The van der Waals surface area contributed by atoms with Crippen LogP contribution in [0.3, 0.4) is 0 Å². The topological polar surface area (TPSA) is 83.8 Å². The predicted molar refractivity (Wildman–Crippen MR) is 102 cm³/mol. The van der Waals surface area contributed by atoms with Crippen molar-refractivity contribution in [1.29, 1.82) is 0 Å². The lowest BCUT2D eigenvalue weighted by Crippen LogP contribution is -2.45. The van der Waals surface area contributed by atoms with Crippen LogP contribution in [-0.4, -0.2) is 66.4 Å². The average Bonchev–Trinajstić information content (AvgIpc) is 2.87. The zero-order valence-corrected chi connectivity index (χ0v) is 16.6. The molecule has 1 atom stereocenters. The number of nitrogens with one attached hydrogen (secondary N) is 2. The van der Waals surface area contributed by atoms with Gasteiger partial charge in [0, 0.05) is 45.6 Å². The number of carbonyl (C=O) groups excluding carboxylic acids is 1. The molecule has 0 aromatic carbocycles. The van der Waals surface area contributed by atoms with E-state index in [0.717, 1.165) is 36.4 Å². The summed E-state index contributed by atoms with van der Waals surface area (Å²) in [5.41, 5.74) is 3.19. The lowest BCUT2D eigenvalue weighted by atomic mass is 10.1.